The average molecular weight is 568 g/mol. The number of aliphatic imine (C=N–C) groups is 1. The van der Waals surface area contributed by atoms with Crippen LogP contribution in [0.25, 0.3) is 0 Å². The Bertz CT molecular complexity index is 827. The maximum absolute atomic E-state index is 4.95. The Hall–Kier alpha value is -1.69. The summed E-state index contributed by atoms with van der Waals surface area (Å²) in [4.78, 5) is 14.7. The highest BCUT2D eigenvalue weighted by Gasteiger charge is 2.20. The van der Waals surface area contributed by atoms with E-state index >= 15 is 0 Å². The molecule has 3 heterocycles. The first-order chi connectivity index (χ1) is 15.7. The minimum atomic E-state index is 0. The maximum Gasteiger partial charge on any atom is 0.194 e. The molecule has 1 aromatic heterocycles. The van der Waals surface area contributed by atoms with Gasteiger partial charge in [-0.25, -0.2) is 4.99 Å². The number of halogens is 1. The number of aromatic nitrogens is 1. The fourth-order valence-electron chi connectivity index (χ4n) is 4.27. The molecule has 182 valence electrons. The van der Waals surface area contributed by atoms with E-state index in [1.165, 1.54) is 11.1 Å². The minimum Gasteiger partial charge on any atom is -0.364 e. The van der Waals surface area contributed by atoms with Gasteiger partial charge < -0.3 is 19.6 Å². The molecule has 0 unspecified atom stereocenters. The van der Waals surface area contributed by atoms with Crippen LogP contribution in [0.3, 0.4) is 0 Å². The van der Waals surface area contributed by atoms with Crippen LogP contribution < -0.4 is 5.32 Å². The molecule has 0 spiro atoms. The first-order valence-electron chi connectivity index (χ1n) is 11.8. The van der Waals surface area contributed by atoms with Crippen LogP contribution in [-0.4, -0.2) is 96.7 Å². The van der Waals surface area contributed by atoms with Gasteiger partial charge in [0.15, 0.2) is 5.96 Å². The molecule has 0 atom stereocenters. The third-order valence-corrected chi connectivity index (χ3v) is 6.32. The van der Waals surface area contributed by atoms with Crippen LogP contribution in [0.15, 0.2) is 46.1 Å². The second-order valence-electron chi connectivity index (χ2n) is 8.82. The number of nitrogens with one attached hydrogen (secondary N) is 1. The Morgan fingerprint density at radius 3 is 2.18 bits per heavy atom. The van der Waals surface area contributed by atoms with Crippen LogP contribution >= 0.6 is 24.0 Å². The summed E-state index contributed by atoms with van der Waals surface area (Å²) in [6.45, 7) is 14.2. The third-order valence-electron chi connectivity index (χ3n) is 6.32. The molecule has 2 saturated heterocycles. The molecule has 0 radical (unpaired) electrons. The predicted molar refractivity (Wildman–Crippen MR) is 143 cm³/mol. The third kappa shape index (κ3) is 7.94. The van der Waals surface area contributed by atoms with Crippen molar-refractivity contribution in [1.82, 2.24) is 30.1 Å². The zero-order valence-corrected chi connectivity index (χ0v) is 22.3. The molecule has 0 amide bonds. The van der Waals surface area contributed by atoms with Crippen molar-refractivity contribution >= 4 is 29.9 Å². The van der Waals surface area contributed by atoms with Crippen LogP contribution in [0.4, 0.5) is 0 Å². The van der Waals surface area contributed by atoms with E-state index in [9.17, 15) is 0 Å². The summed E-state index contributed by atoms with van der Waals surface area (Å²) in [5.41, 5.74) is 3.64. The van der Waals surface area contributed by atoms with E-state index in [4.69, 9.17) is 9.52 Å². The quantitative estimate of drug-likeness (QED) is 0.313. The Balaban J connectivity index is 0.00000306. The minimum absolute atomic E-state index is 0. The molecule has 8 nitrogen and oxygen atoms in total. The van der Waals surface area contributed by atoms with Crippen molar-refractivity contribution < 1.29 is 4.52 Å². The summed E-state index contributed by atoms with van der Waals surface area (Å²) in [5, 5.41) is 7.50. The van der Waals surface area contributed by atoms with Crippen molar-refractivity contribution in [3.05, 3.63) is 53.4 Å². The average Bonchev–Trinajstić information content (AvgIpc) is 3.33. The zero-order valence-electron chi connectivity index (χ0n) is 19.9. The van der Waals surface area contributed by atoms with Gasteiger partial charge in [-0.1, -0.05) is 29.4 Å². The molecule has 1 aromatic carbocycles. The first kappa shape index (κ1) is 25.9. The van der Waals surface area contributed by atoms with Gasteiger partial charge in [0.1, 0.15) is 6.26 Å². The van der Waals surface area contributed by atoms with Crippen LogP contribution in [0, 0.1) is 0 Å². The number of hydrogen-bond donors (Lipinski definition) is 1. The van der Waals surface area contributed by atoms with Gasteiger partial charge in [-0.3, -0.25) is 9.80 Å². The normalized spacial score (nSPS) is 18.8. The highest BCUT2D eigenvalue weighted by Crippen LogP contribution is 2.12. The van der Waals surface area contributed by atoms with E-state index in [1.54, 1.807) is 6.26 Å². The molecule has 0 saturated carbocycles. The lowest BCUT2D eigenvalue weighted by molar-refractivity contribution is 0.148. The van der Waals surface area contributed by atoms with Gasteiger partial charge in [0.2, 0.25) is 0 Å². The van der Waals surface area contributed by atoms with Gasteiger partial charge in [-0.15, -0.1) is 24.0 Å². The van der Waals surface area contributed by atoms with E-state index in [-0.39, 0.29) is 24.0 Å². The topological polar surface area (TPSA) is 63.4 Å². The highest BCUT2D eigenvalue weighted by atomic mass is 127. The molecule has 2 fully saturated rings. The van der Waals surface area contributed by atoms with E-state index < -0.39 is 0 Å². The van der Waals surface area contributed by atoms with Gasteiger partial charge in [-0.05, 0) is 25.1 Å². The predicted octanol–water partition coefficient (Wildman–Crippen LogP) is 2.32. The Morgan fingerprint density at radius 2 is 1.55 bits per heavy atom. The summed E-state index contributed by atoms with van der Waals surface area (Å²) in [6.07, 6.45) is 1.64. The fraction of sp³-hybridized carbons (Fsp3) is 0.583. The lowest BCUT2D eigenvalue weighted by atomic mass is 10.1. The van der Waals surface area contributed by atoms with Crippen molar-refractivity contribution in [3.63, 3.8) is 0 Å². The van der Waals surface area contributed by atoms with Crippen molar-refractivity contribution in [2.24, 2.45) is 4.99 Å². The molecule has 0 bridgehead atoms. The Kier molecular flexibility index (Phi) is 10.4. The second kappa shape index (κ2) is 13.3. The Labute approximate surface area is 215 Å². The molecule has 4 rings (SSSR count). The standard InChI is InChI=1S/C24H37N7O.HI/c1-3-25-24(31-15-13-30(14-16-31)20-23-8-17-32-27-23)26-18-21-4-6-22(7-5-21)19-29-11-9-28(2)10-12-29;/h4-8,17H,3,9-16,18-20H2,1-2H3,(H,25,26);1H. The summed E-state index contributed by atoms with van der Waals surface area (Å²) < 4.78 is 4.95. The van der Waals surface area contributed by atoms with Crippen LogP contribution in [0.2, 0.25) is 0 Å². The first-order valence-corrected chi connectivity index (χ1v) is 11.8. The Morgan fingerprint density at radius 1 is 0.909 bits per heavy atom. The SMILES string of the molecule is CCNC(=NCc1ccc(CN2CCN(C)CC2)cc1)N1CCN(Cc2ccon2)CC1.I. The van der Waals surface area contributed by atoms with Gasteiger partial charge in [0.05, 0.1) is 12.2 Å². The number of rotatable bonds is 7. The lowest BCUT2D eigenvalue weighted by Gasteiger charge is -2.36. The number of likely N-dealkylation sites (N-methyl/N-ethyl adjacent to an activating group) is 1. The zero-order chi connectivity index (χ0) is 22.2. The number of nitrogens with zero attached hydrogens (tertiary/aromatic N) is 6. The largest absolute Gasteiger partial charge is 0.364 e. The number of guanidine groups is 1. The van der Waals surface area contributed by atoms with Crippen molar-refractivity contribution in [1.29, 1.82) is 0 Å². The van der Waals surface area contributed by atoms with E-state index in [2.05, 4.69) is 68.3 Å². The number of benzene rings is 1. The molecule has 2 aliphatic heterocycles. The van der Waals surface area contributed by atoms with Gasteiger partial charge in [-0.2, -0.15) is 0 Å². The van der Waals surface area contributed by atoms with Crippen LogP contribution in [-0.2, 0) is 19.6 Å². The molecule has 2 aromatic rings. The van der Waals surface area contributed by atoms with Crippen LogP contribution in [0.1, 0.15) is 23.7 Å². The molecule has 9 heteroatoms. The van der Waals surface area contributed by atoms with E-state index in [0.717, 1.165) is 83.6 Å². The monoisotopic (exact) mass is 567 g/mol. The summed E-state index contributed by atoms with van der Waals surface area (Å²) in [7, 11) is 2.20. The second-order valence-corrected chi connectivity index (χ2v) is 8.82. The molecule has 1 N–H and O–H groups in total. The molecular formula is C24H38IN7O. The van der Waals surface area contributed by atoms with Crippen LogP contribution in [0.5, 0.6) is 0 Å². The van der Waals surface area contributed by atoms with Crippen molar-refractivity contribution in [2.45, 2.75) is 26.6 Å². The van der Waals surface area contributed by atoms with Gasteiger partial charge in [0.25, 0.3) is 0 Å². The maximum atomic E-state index is 4.95. The van der Waals surface area contributed by atoms with Crippen molar-refractivity contribution in [2.75, 3.05) is 66.0 Å². The summed E-state index contributed by atoms with van der Waals surface area (Å²) in [6, 6.07) is 10.9. The number of piperazine rings is 2. The fourth-order valence-corrected chi connectivity index (χ4v) is 4.27. The van der Waals surface area contributed by atoms with Crippen molar-refractivity contribution in [3.8, 4) is 0 Å². The van der Waals surface area contributed by atoms with Gasteiger partial charge in [0, 0.05) is 78.1 Å². The molecule has 0 aliphatic carbocycles. The van der Waals surface area contributed by atoms with E-state index in [1.807, 2.05) is 6.07 Å². The summed E-state index contributed by atoms with van der Waals surface area (Å²) >= 11 is 0. The summed E-state index contributed by atoms with van der Waals surface area (Å²) in [5.74, 6) is 1.01. The highest BCUT2D eigenvalue weighted by molar-refractivity contribution is 14.0. The van der Waals surface area contributed by atoms with Gasteiger partial charge >= 0.3 is 0 Å². The molecular weight excluding hydrogens is 529 g/mol. The molecule has 2 aliphatic rings. The lowest BCUT2D eigenvalue weighted by Crippen LogP contribution is -2.52. The smallest absolute Gasteiger partial charge is 0.194 e. The van der Waals surface area contributed by atoms with E-state index in [0.29, 0.717) is 6.54 Å². The number of hydrogen-bond acceptors (Lipinski definition) is 6. The molecule has 33 heavy (non-hydrogen) atoms.